The van der Waals surface area contributed by atoms with Crippen molar-refractivity contribution in [2.75, 3.05) is 115 Å². The van der Waals surface area contributed by atoms with Gasteiger partial charge in [-0.1, -0.05) is 0 Å². The average Bonchev–Trinajstić information content (AvgIpc) is 3.99. The number of methoxy groups -OCH3 is 4. The Morgan fingerprint density at radius 2 is 0.929 bits per heavy atom. The van der Waals surface area contributed by atoms with E-state index in [-0.39, 0.29) is 24.0 Å². The molecule has 4 saturated heterocycles. The minimum Gasteiger partial charge on any atom is -0.493 e. The third-order valence-electron chi connectivity index (χ3n) is 10.6. The van der Waals surface area contributed by atoms with E-state index in [1.807, 2.05) is 19.6 Å². The molecule has 56 heavy (non-hydrogen) atoms. The van der Waals surface area contributed by atoms with Gasteiger partial charge in [0.25, 0.3) is 11.8 Å². The molecule has 0 spiro atoms. The summed E-state index contributed by atoms with van der Waals surface area (Å²) in [5.41, 5.74) is 13.7. The zero-order chi connectivity index (χ0) is 39.3. The second-order valence-corrected chi connectivity index (χ2v) is 13.9. The number of aromatic nitrogens is 4. The van der Waals surface area contributed by atoms with Crippen molar-refractivity contribution in [3.63, 3.8) is 0 Å². The lowest BCUT2D eigenvalue weighted by atomic mass is 10.2. The topological polar surface area (TPSA) is 206 Å². The fourth-order valence-electron chi connectivity index (χ4n) is 7.42. The van der Waals surface area contributed by atoms with E-state index in [9.17, 15) is 9.59 Å². The Morgan fingerprint density at radius 3 is 1.25 bits per heavy atom. The van der Waals surface area contributed by atoms with Crippen LogP contribution in [0.25, 0.3) is 21.8 Å². The number of amides is 2. The Balaban J connectivity index is 0.000000172. The van der Waals surface area contributed by atoms with E-state index in [4.69, 9.17) is 39.9 Å². The van der Waals surface area contributed by atoms with Crippen LogP contribution >= 0.6 is 0 Å². The molecule has 8 rings (SSSR count). The lowest BCUT2D eigenvalue weighted by Gasteiger charge is -2.35. The van der Waals surface area contributed by atoms with Crippen molar-refractivity contribution in [1.82, 2.24) is 29.7 Å². The van der Waals surface area contributed by atoms with Gasteiger partial charge in [0.15, 0.2) is 23.0 Å². The molecule has 2 atom stereocenters. The number of piperazine rings is 2. The van der Waals surface area contributed by atoms with E-state index in [2.05, 4.69) is 19.9 Å². The minimum atomic E-state index is -0.276. The average molecular weight is 775 g/mol. The standard InChI is InChI=1S/2C19H25N5O4/c2*1-26-15-10-12-13(11-16(15)27-2)21-19(22-17(12)20)24-7-5-23(6-8-24)18(25)14-4-3-9-28-14/h2*10-11,14H,3-9H2,1-2H3,(H2,20,21,22). The number of hydrogen-bond acceptors (Lipinski definition) is 16. The highest BCUT2D eigenvalue weighted by molar-refractivity contribution is 5.93. The Morgan fingerprint density at radius 1 is 0.571 bits per heavy atom. The van der Waals surface area contributed by atoms with Crippen molar-refractivity contribution in [1.29, 1.82) is 0 Å². The summed E-state index contributed by atoms with van der Waals surface area (Å²) in [7, 11) is 6.32. The second kappa shape index (κ2) is 17.0. The van der Waals surface area contributed by atoms with Crippen LogP contribution in [-0.4, -0.2) is 148 Å². The molecule has 4 fully saturated rings. The second-order valence-electron chi connectivity index (χ2n) is 13.9. The van der Waals surface area contributed by atoms with Gasteiger partial charge < -0.3 is 59.5 Å². The summed E-state index contributed by atoms with van der Waals surface area (Å²) in [4.78, 5) is 51.1. The van der Waals surface area contributed by atoms with Crippen LogP contribution in [0.3, 0.4) is 0 Å². The maximum absolute atomic E-state index is 12.5. The van der Waals surface area contributed by atoms with Crippen LogP contribution in [0.15, 0.2) is 24.3 Å². The fourth-order valence-corrected chi connectivity index (χ4v) is 7.42. The molecule has 0 aliphatic carbocycles. The molecule has 2 aromatic carbocycles. The summed E-state index contributed by atoms with van der Waals surface area (Å²) in [6.45, 7) is 6.42. The van der Waals surface area contributed by atoms with E-state index >= 15 is 0 Å². The Bertz CT molecular complexity index is 1900. The number of carbonyl (C=O) groups is 2. The Labute approximate surface area is 324 Å². The number of fused-ring (bicyclic) bond motifs is 2. The summed E-state index contributed by atoms with van der Waals surface area (Å²) in [5, 5.41) is 1.43. The molecule has 4 N–H and O–H groups in total. The van der Waals surface area contributed by atoms with Gasteiger partial charge in [-0.2, -0.15) is 9.97 Å². The zero-order valence-corrected chi connectivity index (χ0v) is 32.4. The highest BCUT2D eigenvalue weighted by atomic mass is 16.5. The van der Waals surface area contributed by atoms with E-state index in [0.29, 0.717) is 134 Å². The monoisotopic (exact) mass is 774 g/mol. The van der Waals surface area contributed by atoms with Crippen molar-refractivity contribution in [3.05, 3.63) is 24.3 Å². The molecule has 2 unspecified atom stereocenters. The van der Waals surface area contributed by atoms with Crippen LogP contribution in [0.2, 0.25) is 0 Å². The maximum atomic E-state index is 12.5. The van der Waals surface area contributed by atoms with Crippen LogP contribution in [-0.2, 0) is 19.1 Å². The maximum Gasteiger partial charge on any atom is 0.251 e. The zero-order valence-electron chi connectivity index (χ0n) is 32.4. The number of carbonyl (C=O) groups excluding carboxylic acids is 2. The lowest BCUT2D eigenvalue weighted by molar-refractivity contribution is -0.141. The van der Waals surface area contributed by atoms with Gasteiger partial charge in [0.1, 0.15) is 23.8 Å². The number of nitrogens with two attached hydrogens (primary N) is 2. The number of nitrogen functional groups attached to an aromatic ring is 2. The van der Waals surface area contributed by atoms with Crippen LogP contribution in [0, 0.1) is 0 Å². The number of anilines is 4. The summed E-state index contributed by atoms with van der Waals surface area (Å²) in [6.07, 6.45) is 2.98. The van der Waals surface area contributed by atoms with Gasteiger partial charge in [0.05, 0.1) is 39.5 Å². The largest absolute Gasteiger partial charge is 0.493 e. The lowest BCUT2D eigenvalue weighted by Crippen LogP contribution is -2.51. The molecule has 0 bridgehead atoms. The highest BCUT2D eigenvalue weighted by Crippen LogP contribution is 2.35. The number of hydrogen-bond donors (Lipinski definition) is 2. The Hall–Kier alpha value is -5.62. The van der Waals surface area contributed by atoms with Crippen LogP contribution in [0.5, 0.6) is 23.0 Å². The summed E-state index contributed by atoms with van der Waals surface area (Å²) >= 11 is 0. The van der Waals surface area contributed by atoms with Gasteiger partial charge in [0, 0.05) is 88.5 Å². The normalized spacial score (nSPS) is 19.9. The summed E-state index contributed by atoms with van der Waals surface area (Å²) < 4.78 is 32.4. The molecule has 18 heteroatoms. The van der Waals surface area contributed by atoms with Gasteiger partial charge in [-0.15, -0.1) is 0 Å². The SMILES string of the molecule is COc1cc2nc(N3CCN(C(=O)C4CCCO4)CC3)nc(N)c2cc1OC.COc1cc2nc(N3CCN(C(=O)C4CCCO4)CC3)nc(N)c2cc1OC. The molecule has 4 aliphatic heterocycles. The molecule has 2 aromatic heterocycles. The van der Waals surface area contributed by atoms with Crippen molar-refractivity contribution in [2.24, 2.45) is 0 Å². The van der Waals surface area contributed by atoms with E-state index in [0.717, 1.165) is 25.7 Å². The number of rotatable bonds is 8. The number of benzene rings is 2. The molecule has 2 amide bonds. The predicted molar refractivity (Wildman–Crippen MR) is 210 cm³/mol. The number of ether oxygens (including phenoxy) is 6. The van der Waals surface area contributed by atoms with Crippen molar-refractivity contribution in [2.45, 2.75) is 37.9 Å². The van der Waals surface area contributed by atoms with Gasteiger partial charge >= 0.3 is 0 Å². The first-order chi connectivity index (χ1) is 27.2. The van der Waals surface area contributed by atoms with E-state index in [1.165, 1.54) is 0 Å². The molecular weight excluding hydrogens is 724 g/mol. The van der Waals surface area contributed by atoms with Crippen molar-refractivity contribution in [3.8, 4) is 23.0 Å². The fraction of sp³-hybridized carbons (Fsp3) is 0.526. The molecule has 300 valence electrons. The van der Waals surface area contributed by atoms with Crippen LogP contribution < -0.4 is 40.2 Å². The van der Waals surface area contributed by atoms with Gasteiger partial charge in [0.2, 0.25) is 11.9 Å². The molecule has 4 aromatic rings. The smallest absolute Gasteiger partial charge is 0.251 e. The van der Waals surface area contributed by atoms with Crippen molar-refractivity contribution < 1.29 is 38.0 Å². The van der Waals surface area contributed by atoms with Crippen LogP contribution in [0.4, 0.5) is 23.5 Å². The van der Waals surface area contributed by atoms with Gasteiger partial charge in [-0.05, 0) is 37.8 Å². The van der Waals surface area contributed by atoms with Crippen LogP contribution in [0.1, 0.15) is 25.7 Å². The molecule has 0 saturated carbocycles. The first kappa shape index (κ1) is 38.6. The molecule has 4 aliphatic rings. The van der Waals surface area contributed by atoms with E-state index < -0.39 is 0 Å². The third kappa shape index (κ3) is 8.02. The van der Waals surface area contributed by atoms with Crippen molar-refractivity contribution >= 4 is 57.2 Å². The third-order valence-corrected chi connectivity index (χ3v) is 10.6. The first-order valence-electron chi connectivity index (χ1n) is 18.9. The molecular formula is C38H50N10O8. The molecule has 18 nitrogen and oxygen atoms in total. The molecule has 0 radical (unpaired) electrons. The van der Waals surface area contributed by atoms with Gasteiger partial charge in [-0.25, -0.2) is 9.97 Å². The minimum absolute atomic E-state index is 0.0907. The summed E-state index contributed by atoms with van der Waals surface area (Å²) in [6, 6.07) is 7.16. The number of nitrogens with zero attached hydrogens (tertiary/aromatic N) is 8. The van der Waals surface area contributed by atoms with E-state index in [1.54, 1.807) is 52.7 Å². The first-order valence-corrected chi connectivity index (χ1v) is 18.9. The highest BCUT2D eigenvalue weighted by Gasteiger charge is 2.32. The quantitative estimate of drug-likeness (QED) is 0.263. The van der Waals surface area contributed by atoms with Gasteiger partial charge in [-0.3, -0.25) is 9.59 Å². The Kier molecular flexibility index (Phi) is 11.8. The molecule has 6 heterocycles. The summed E-state index contributed by atoms with van der Waals surface area (Å²) in [5.74, 6) is 4.41. The predicted octanol–water partition coefficient (Wildman–Crippen LogP) is 2.11.